The summed E-state index contributed by atoms with van der Waals surface area (Å²) in [6.45, 7) is 15.8. The molecule has 690 valence electrons. The molecule has 0 aromatic heterocycles. The van der Waals surface area contributed by atoms with Gasteiger partial charge in [-0.15, -0.1) is 0 Å². The molecule has 8 aliphatic heterocycles. The molecule has 0 spiro atoms. The molecule has 12 fully saturated rings. The number of hydrogen-bond donors (Lipinski definition) is 19. The van der Waals surface area contributed by atoms with Crippen molar-refractivity contribution in [2.45, 2.75) is 373 Å². The summed E-state index contributed by atoms with van der Waals surface area (Å²) in [4.78, 5) is 68.6. The normalized spacial score (nSPS) is 53.1. The number of carboxylic acids is 1. The fourth-order valence-electron chi connectivity index (χ4n) is 22.1. The maximum atomic E-state index is 16.3. The van der Waals surface area contributed by atoms with Crippen LogP contribution in [0.1, 0.15) is 134 Å². The first-order valence-electron chi connectivity index (χ1n) is 41.6. The number of aliphatic hydroxyl groups is 18. The van der Waals surface area contributed by atoms with Crippen LogP contribution in [0, 0.1) is 50.2 Å². The van der Waals surface area contributed by atoms with Crippen LogP contribution in [0.5, 0.6) is 0 Å². The Hall–Kier alpha value is -4.03. The van der Waals surface area contributed by atoms with Crippen LogP contribution < -0.4 is 0 Å². The molecule has 121 heavy (non-hydrogen) atoms. The van der Waals surface area contributed by atoms with Crippen LogP contribution in [0.4, 0.5) is 0 Å². The Bertz CT molecular complexity index is 3650. The average Bonchev–Trinajstić information content (AvgIpc) is 0.668. The minimum absolute atomic E-state index is 0.0346. The summed E-state index contributed by atoms with van der Waals surface area (Å²) in [7, 11) is 0. The molecule has 5 aliphatic carbocycles. The highest BCUT2D eigenvalue weighted by Gasteiger charge is 2.74. The number of esters is 3. The van der Waals surface area contributed by atoms with Gasteiger partial charge in [-0.05, 0) is 118 Å². The van der Waals surface area contributed by atoms with Crippen molar-refractivity contribution >= 4 is 30.2 Å². The number of hydrogen-bond acceptors (Lipinski definition) is 41. The van der Waals surface area contributed by atoms with Crippen molar-refractivity contribution in [3.8, 4) is 0 Å². The standard InChI is InChI=1S/C79H122O42/c1-27-55(114-67-53(99)58(36(86)25-106-67)116-65-47(93)42(88)34(84)23-104-65)46(92)50(96)68(107-27)119-62-51(97)56(115-70-54(100)60(111-31(5)83)57(29(3)108-70)110-30(4)82)28(2)109-71(62)121-73(103)79-19-18-74(6,7)20-33(79)32-12-13-39-75(8)16-15-41(76(9,26-81)38(75)14-17-77(39,10)78(32,11)21-40(79)87)113-72-63(120-69-49(95)45(91)44(90)37(22-80)112-69)59(52(98)61(118-72)64(101)102)117-66-48(94)43(89)35(85)24-105-66/h12,26-29,33-63,65-72,80,84-100H,13-25H2,1-11H3,(H,101,102)/t27-,28-,29-,33+,34-,35-,36-,37-,38-,39-,40-,41+,42+,43+,44+,45+,46+,47-,48-,49-,50-,51+,52+,53-,54-,55+,56+,57-,58+,59+,60-,61+,62-,63-,65+,66+,67+,68+,69+,70+,71+,72-,75+,76+,77-,78-,79-/m1/s1. The van der Waals surface area contributed by atoms with Crippen molar-refractivity contribution in [3.63, 3.8) is 0 Å². The monoisotopic (exact) mass is 1740 g/mol. The molecule has 0 radical (unpaired) electrons. The van der Waals surface area contributed by atoms with Crippen molar-refractivity contribution in [1.29, 1.82) is 0 Å². The van der Waals surface area contributed by atoms with E-state index in [2.05, 4.69) is 26.8 Å². The van der Waals surface area contributed by atoms with E-state index in [-0.39, 0.29) is 25.2 Å². The van der Waals surface area contributed by atoms with Gasteiger partial charge < -0.3 is 187 Å². The lowest BCUT2D eigenvalue weighted by atomic mass is 9.33. The summed E-state index contributed by atoms with van der Waals surface area (Å²) in [5.74, 6) is -6.07. The molecule has 42 nitrogen and oxygen atoms in total. The van der Waals surface area contributed by atoms with Crippen LogP contribution >= 0.6 is 0 Å². The van der Waals surface area contributed by atoms with Gasteiger partial charge in [0, 0.05) is 13.8 Å². The quantitative estimate of drug-likeness (QED) is 0.0167. The van der Waals surface area contributed by atoms with Crippen LogP contribution in [0.3, 0.4) is 0 Å². The van der Waals surface area contributed by atoms with E-state index >= 15 is 4.79 Å². The van der Waals surface area contributed by atoms with Gasteiger partial charge in [0.1, 0.15) is 146 Å². The third-order valence-electron chi connectivity index (χ3n) is 29.1. The van der Waals surface area contributed by atoms with Gasteiger partial charge in [0.05, 0.1) is 62.4 Å². The maximum absolute atomic E-state index is 16.3. The summed E-state index contributed by atoms with van der Waals surface area (Å²) in [6.07, 6.45) is -65.1. The first kappa shape index (κ1) is 94.6. The molecule has 13 aliphatic rings. The van der Waals surface area contributed by atoms with E-state index in [9.17, 15) is 116 Å². The van der Waals surface area contributed by atoms with E-state index in [0.29, 0.717) is 38.5 Å². The van der Waals surface area contributed by atoms with Gasteiger partial charge >= 0.3 is 23.9 Å². The second-order valence-electron chi connectivity index (χ2n) is 37.1. The highest BCUT2D eigenvalue weighted by molar-refractivity contribution is 5.80. The SMILES string of the molecule is CC(=O)O[C@@H]1[C@@H](O)[C@H](O[C@@H]2[C@H](O)[C@@H](O[C@@H]3O[C@H](C)[C@H](O[C@@H]4OC[C@@H](O)[C@H](O[C@@H]5OC[C@@H](O)[C@H](O)[C@H]5O)[C@H]4O)[C@@H](O)[C@H]3O)[C@H](OC(=O)[C@]34CCC(C)(C)C[C@H]3C3=CC[C@@H]5[C@@]6(C)CC[C@H](O[C@@H]7O[C@H](C(=O)O)[C@@H](O)[C@H](O[C@@H]8OC[C@@H](O)[C@H](O)[C@H]8O)[C@H]7O[C@@H]7O[C@H](CO)[C@H](O)[C@H](O)[C@H]7O)[C@@](C)(C=O)[C@@H]6CC[C@@]5(C)[C@]3(C)C[C@H]4O)O[C@@H]2C)O[C@H](C)[C@H]1OC(C)=O. The summed E-state index contributed by atoms with van der Waals surface area (Å²) in [5.41, 5.74) is -5.35. The highest BCUT2D eigenvalue weighted by atomic mass is 16.8. The highest BCUT2D eigenvalue weighted by Crippen LogP contribution is 2.76. The molecule has 0 aromatic rings. The van der Waals surface area contributed by atoms with Crippen molar-refractivity contribution in [2.75, 3.05) is 26.4 Å². The molecule has 42 heteroatoms. The fraction of sp³-hybridized carbons (Fsp3) is 0.911. The largest absolute Gasteiger partial charge is 0.479 e. The van der Waals surface area contributed by atoms with E-state index in [1.807, 2.05) is 13.8 Å². The smallest absolute Gasteiger partial charge is 0.335 e. The van der Waals surface area contributed by atoms with Gasteiger partial charge in [-0.2, -0.15) is 0 Å². The Morgan fingerprint density at radius 2 is 0.942 bits per heavy atom. The van der Waals surface area contributed by atoms with Gasteiger partial charge in [0.15, 0.2) is 68.4 Å². The topological polar surface area (TPSA) is 636 Å². The Morgan fingerprint density at radius 3 is 1.54 bits per heavy atom. The zero-order valence-corrected chi connectivity index (χ0v) is 69.0. The summed E-state index contributed by atoms with van der Waals surface area (Å²) < 4.78 is 108. The average molecular weight is 1740 g/mol. The minimum atomic E-state index is -2.25. The van der Waals surface area contributed by atoms with Crippen molar-refractivity contribution in [2.24, 2.45) is 50.2 Å². The predicted octanol–water partition coefficient (Wildman–Crippen LogP) is -6.35. The third kappa shape index (κ3) is 17.1. The Labute approximate surface area is 695 Å². The number of carbonyl (C=O) groups is 5. The number of aliphatic hydroxyl groups excluding tert-OH is 18. The van der Waals surface area contributed by atoms with Crippen LogP contribution in [-0.2, 0) is 109 Å². The molecule has 19 N–H and O–H groups in total. The summed E-state index contributed by atoms with van der Waals surface area (Å²) in [5, 5.41) is 213. The molecule has 4 saturated carbocycles. The number of carbonyl (C=O) groups excluding carboxylic acids is 4. The summed E-state index contributed by atoms with van der Waals surface area (Å²) >= 11 is 0. The van der Waals surface area contributed by atoms with Gasteiger partial charge in [0.25, 0.3) is 0 Å². The van der Waals surface area contributed by atoms with Crippen LogP contribution in [0.15, 0.2) is 11.6 Å². The molecule has 0 bridgehead atoms. The van der Waals surface area contributed by atoms with Crippen molar-refractivity contribution < 1.29 is 206 Å². The van der Waals surface area contributed by atoms with Crippen LogP contribution in [0.2, 0.25) is 0 Å². The van der Waals surface area contributed by atoms with E-state index in [4.69, 9.17) is 85.3 Å². The van der Waals surface area contributed by atoms with Gasteiger partial charge in [0.2, 0.25) is 6.29 Å². The number of ether oxygens (including phenoxy) is 18. The molecule has 8 heterocycles. The van der Waals surface area contributed by atoms with Gasteiger partial charge in [-0.1, -0.05) is 53.2 Å². The molecule has 0 aromatic carbocycles. The van der Waals surface area contributed by atoms with E-state index < -0.39 is 334 Å². The van der Waals surface area contributed by atoms with Gasteiger partial charge in [-0.25, -0.2) is 4.79 Å². The molecular weight excluding hydrogens is 1620 g/mol. The van der Waals surface area contributed by atoms with Crippen molar-refractivity contribution in [1.82, 2.24) is 0 Å². The first-order chi connectivity index (χ1) is 56.7. The third-order valence-corrected chi connectivity index (χ3v) is 29.1. The van der Waals surface area contributed by atoms with Gasteiger partial charge in [-0.3, -0.25) is 14.4 Å². The second kappa shape index (κ2) is 36.1. The Kier molecular flexibility index (Phi) is 28.2. The van der Waals surface area contributed by atoms with E-state index in [1.165, 1.54) is 20.8 Å². The van der Waals surface area contributed by atoms with Crippen LogP contribution in [0.25, 0.3) is 0 Å². The number of allylic oxidation sites excluding steroid dienone is 2. The summed E-state index contributed by atoms with van der Waals surface area (Å²) in [6, 6.07) is 0. The molecule has 13 rings (SSSR count). The molecule has 0 amide bonds. The Balaban J connectivity index is 0.777. The number of carboxylic acid groups (broad SMARTS) is 1. The fourth-order valence-corrected chi connectivity index (χ4v) is 22.1. The lowest BCUT2D eigenvalue weighted by Crippen LogP contribution is -2.69. The first-order valence-corrected chi connectivity index (χ1v) is 41.6. The maximum Gasteiger partial charge on any atom is 0.335 e. The predicted molar refractivity (Wildman–Crippen MR) is 393 cm³/mol. The molecule has 8 saturated heterocycles. The zero-order chi connectivity index (χ0) is 88.5. The molecule has 47 atom stereocenters. The molecular formula is C79H122O42. The van der Waals surface area contributed by atoms with Crippen LogP contribution in [-0.4, -0.2) is 393 Å². The number of fused-ring (bicyclic) bond motifs is 7. The lowest BCUT2D eigenvalue weighted by Gasteiger charge is -2.71. The van der Waals surface area contributed by atoms with E-state index in [1.54, 1.807) is 6.92 Å². The zero-order valence-electron chi connectivity index (χ0n) is 69.0. The number of rotatable bonds is 21. The van der Waals surface area contributed by atoms with Crippen molar-refractivity contribution in [3.05, 3.63) is 11.6 Å². The molecule has 0 unspecified atom stereocenters. The van der Waals surface area contributed by atoms with E-state index in [0.717, 1.165) is 25.7 Å². The number of aliphatic carboxylic acids is 1. The lowest BCUT2D eigenvalue weighted by molar-refractivity contribution is -0.391. The minimum Gasteiger partial charge on any atom is -0.479 e. The Morgan fingerprint density at radius 1 is 0.446 bits per heavy atom. The number of aldehydes is 1. The second-order valence-corrected chi connectivity index (χ2v) is 37.1.